The molecule has 0 amide bonds. The summed E-state index contributed by atoms with van der Waals surface area (Å²) >= 11 is 6.34. The van der Waals surface area contributed by atoms with Crippen molar-refractivity contribution in [3.05, 3.63) is 35.0 Å². The molecular weight excluding hydrogens is 352 g/mol. The molecule has 0 aliphatic carbocycles. The van der Waals surface area contributed by atoms with Crippen LogP contribution in [0.3, 0.4) is 0 Å². The molecule has 6 heteroatoms. The van der Waals surface area contributed by atoms with Crippen molar-refractivity contribution < 1.29 is 14.6 Å². The number of piperidine rings is 1. The van der Waals surface area contributed by atoms with Gasteiger partial charge < -0.3 is 19.7 Å². The molecule has 2 aromatic rings. The highest BCUT2D eigenvalue weighted by Crippen LogP contribution is 2.30. The van der Waals surface area contributed by atoms with E-state index in [9.17, 15) is 9.90 Å². The molecule has 5 nitrogen and oxygen atoms in total. The van der Waals surface area contributed by atoms with Crippen LogP contribution in [0.5, 0.6) is 0 Å². The fourth-order valence-corrected chi connectivity index (χ4v) is 4.35. The number of aliphatic hydroxyl groups is 1. The smallest absolute Gasteiger partial charge is 0.340 e. The molecule has 0 spiro atoms. The van der Waals surface area contributed by atoms with Crippen LogP contribution in [0.1, 0.15) is 43.0 Å². The number of esters is 1. The van der Waals surface area contributed by atoms with Crippen LogP contribution in [-0.4, -0.2) is 41.4 Å². The summed E-state index contributed by atoms with van der Waals surface area (Å²) in [5, 5.41) is 15.1. The Labute approximate surface area is 159 Å². The molecular formula is C20H27ClN2O3. The van der Waals surface area contributed by atoms with Gasteiger partial charge in [0.25, 0.3) is 0 Å². The summed E-state index contributed by atoms with van der Waals surface area (Å²) in [6.07, 6.45) is 5.36. The van der Waals surface area contributed by atoms with Crippen LogP contribution in [-0.2, 0) is 11.3 Å². The molecule has 3 atom stereocenters. The van der Waals surface area contributed by atoms with Gasteiger partial charge >= 0.3 is 5.97 Å². The lowest BCUT2D eigenvalue weighted by Crippen LogP contribution is -2.49. The number of aliphatic hydroxyl groups excluding tert-OH is 1. The topological polar surface area (TPSA) is 63.5 Å². The van der Waals surface area contributed by atoms with Crippen molar-refractivity contribution in [1.82, 2.24) is 9.88 Å². The number of carbonyl (C=O) groups excluding carboxylic acids is 1. The summed E-state index contributed by atoms with van der Waals surface area (Å²) in [5.74, 6) is 0.00164. The number of hydrogen-bond acceptors (Lipinski definition) is 4. The van der Waals surface area contributed by atoms with Gasteiger partial charge in [-0.15, -0.1) is 0 Å². The predicted octanol–water partition coefficient (Wildman–Crippen LogP) is 3.61. The first-order valence-corrected chi connectivity index (χ1v) is 9.71. The van der Waals surface area contributed by atoms with Crippen LogP contribution in [0.2, 0.25) is 5.02 Å². The largest absolute Gasteiger partial charge is 0.465 e. The molecule has 26 heavy (non-hydrogen) atoms. The van der Waals surface area contributed by atoms with Gasteiger partial charge in [0, 0.05) is 24.2 Å². The molecule has 1 aliphatic rings. The highest BCUT2D eigenvalue weighted by molar-refractivity contribution is 6.36. The summed E-state index contributed by atoms with van der Waals surface area (Å²) in [7, 11) is 1.38. The normalized spacial score (nSPS) is 21.7. The minimum Gasteiger partial charge on any atom is -0.465 e. The van der Waals surface area contributed by atoms with E-state index < -0.39 is 0 Å². The number of carbonyl (C=O) groups is 1. The second kappa shape index (κ2) is 8.42. The second-order valence-corrected chi connectivity index (χ2v) is 7.42. The zero-order chi connectivity index (χ0) is 18.7. The number of methoxy groups -OCH3 is 1. The minimum atomic E-state index is -0.377. The van der Waals surface area contributed by atoms with Crippen LogP contribution in [0, 0.1) is 5.92 Å². The number of ether oxygens (including phenoxy) is 1. The third kappa shape index (κ3) is 3.75. The molecule has 1 aromatic carbocycles. The van der Waals surface area contributed by atoms with Gasteiger partial charge in [0.15, 0.2) is 0 Å². The highest BCUT2D eigenvalue weighted by atomic mass is 35.5. The number of benzene rings is 1. The van der Waals surface area contributed by atoms with Crippen molar-refractivity contribution in [2.75, 3.05) is 13.7 Å². The summed E-state index contributed by atoms with van der Waals surface area (Å²) in [6, 6.07) is 5.80. The SMILES string of the molecule is CCC(CCn1cc(C(=O)OC)c2c(Cl)cccc21)[C@H]1NCCC[C@@H]1O. The first-order chi connectivity index (χ1) is 12.6. The molecule has 1 unspecified atom stereocenters. The van der Waals surface area contributed by atoms with E-state index in [4.69, 9.17) is 16.3 Å². The number of rotatable bonds is 6. The van der Waals surface area contributed by atoms with Crippen LogP contribution in [0.25, 0.3) is 10.9 Å². The van der Waals surface area contributed by atoms with E-state index in [1.807, 2.05) is 18.3 Å². The standard InChI is InChI=1S/C20H27ClN2O3/c1-3-13(19-17(24)8-5-10-22-19)9-11-23-12-14(20(25)26-2)18-15(21)6-4-7-16(18)23/h4,6-7,12-13,17,19,22,24H,3,5,8-11H2,1-2H3/t13?,17-,19+/m0/s1. The molecule has 1 fully saturated rings. The first kappa shape index (κ1) is 19.2. The van der Waals surface area contributed by atoms with Crippen LogP contribution >= 0.6 is 11.6 Å². The molecule has 0 bridgehead atoms. The van der Waals surface area contributed by atoms with Gasteiger partial charge in [0.2, 0.25) is 0 Å². The van der Waals surface area contributed by atoms with Crippen molar-refractivity contribution in [2.45, 2.75) is 51.3 Å². The molecule has 1 aliphatic heterocycles. The van der Waals surface area contributed by atoms with Gasteiger partial charge in [0.1, 0.15) is 0 Å². The maximum absolute atomic E-state index is 12.1. The van der Waals surface area contributed by atoms with E-state index in [0.29, 0.717) is 16.5 Å². The molecule has 3 rings (SSSR count). The summed E-state index contributed by atoms with van der Waals surface area (Å²) < 4.78 is 6.99. The molecule has 2 N–H and O–H groups in total. The van der Waals surface area contributed by atoms with E-state index in [2.05, 4.69) is 16.8 Å². The van der Waals surface area contributed by atoms with Gasteiger partial charge in [-0.25, -0.2) is 4.79 Å². The van der Waals surface area contributed by atoms with Crippen LogP contribution < -0.4 is 5.32 Å². The van der Waals surface area contributed by atoms with Crippen molar-refractivity contribution in [3.63, 3.8) is 0 Å². The maximum atomic E-state index is 12.1. The molecule has 0 saturated carbocycles. The summed E-state index contributed by atoms with van der Waals surface area (Å²) in [5.41, 5.74) is 1.43. The Kier molecular flexibility index (Phi) is 6.22. The van der Waals surface area contributed by atoms with Crippen LogP contribution in [0.4, 0.5) is 0 Å². The number of aryl methyl sites for hydroxylation is 1. The molecule has 0 radical (unpaired) electrons. The third-order valence-electron chi connectivity index (χ3n) is 5.50. The lowest BCUT2D eigenvalue weighted by Gasteiger charge is -2.35. The van der Waals surface area contributed by atoms with Gasteiger partial charge in [0.05, 0.1) is 29.3 Å². The Balaban J connectivity index is 1.84. The van der Waals surface area contributed by atoms with E-state index in [1.54, 1.807) is 6.07 Å². The van der Waals surface area contributed by atoms with Gasteiger partial charge in [-0.1, -0.05) is 31.0 Å². The minimum absolute atomic E-state index is 0.138. The Morgan fingerprint density at radius 2 is 2.31 bits per heavy atom. The third-order valence-corrected chi connectivity index (χ3v) is 5.82. The van der Waals surface area contributed by atoms with Crippen LogP contribution in [0.15, 0.2) is 24.4 Å². The van der Waals surface area contributed by atoms with Gasteiger partial charge in [-0.05, 0) is 43.9 Å². The quantitative estimate of drug-likeness (QED) is 0.754. The maximum Gasteiger partial charge on any atom is 0.340 e. The average Bonchev–Trinajstić information content (AvgIpc) is 3.03. The Bertz CT molecular complexity index is 774. The summed E-state index contributed by atoms with van der Waals surface area (Å²) in [6.45, 7) is 3.89. The number of nitrogens with one attached hydrogen (secondary N) is 1. The molecule has 1 aromatic heterocycles. The fraction of sp³-hybridized carbons (Fsp3) is 0.550. The van der Waals surface area contributed by atoms with Crippen molar-refractivity contribution in [2.24, 2.45) is 5.92 Å². The summed E-state index contributed by atoms with van der Waals surface area (Å²) in [4.78, 5) is 12.1. The fourth-order valence-electron chi connectivity index (χ4n) is 4.08. The molecule has 142 valence electrons. The van der Waals surface area contributed by atoms with Crippen molar-refractivity contribution in [1.29, 1.82) is 0 Å². The number of halogens is 1. The number of fused-ring (bicyclic) bond motifs is 1. The van der Waals surface area contributed by atoms with Crippen molar-refractivity contribution in [3.8, 4) is 0 Å². The lowest BCUT2D eigenvalue weighted by molar-refractivity contribution is 0.0602. The second-order valence-electron chi connectivity index (χ2n) is 7.01. The Hall–Kier alpha value is -1.56. The lowest BCUT2D eigenvalue weighted by atomic mass is 9.86. The predicted molar refractivity (Wildman–Crippen MR) is 104 cm³/mol. The Morgan fingerprint density at radius 3 is 3.00 bits per heavy atom. The van der Waals surface area contributed by atoms with E-state index >= 15 is 0 Å². The zero-order valence-corrected chi connectivity index (χ0v) is 16.1. The van der Waals surface area contributed by atoms with E-state index in [-0.39, 0.29) is 18.1 Å². The molecule has 1 saturated heterocycles. The van der Waals surface area contributed by atoms with Crippen molar-refractivity contribution >= 4 is 28.5 Å². The molecule has 2 heterocycles. The number of nitrogens with zero attached hydrogens (tertiary/aromatic N) is 1. The number of aromatic nitrogens is 1. The van der Waals surface area contributed by atoms with E-state index in [0.717, 1.165) is 49.7 Å². The van der Waals surface area contributed by atoms with E-state index in [1.165, 1.54) is 7.11 Å². The average molecular weight is 379 g/mol. The Morgan fingerprint density at radius 1 is 1.50 bits per heavy atom. The first-order valence-electron chi connectivity index (χ1n) is 9.34. The monoisotopic (exact) mass is 378 g/mol. The van der Waals surface area contributed by atoms with Gasteiger partial charge in [-0.3, -0.25) is 0 Å². The zero-order valence-electron chi connectivity index (χ0n) is 15.4. The highest BCUT2D eigenvalue weighted by Gasteiger charge is 2.29. The number of hydrogen-bond donors (Lipinski definition) is 2. The van der Waals surface area contributed by atoms with Gasteiger partial charge in [-0.2, -0.15) is 0 Å².